The van der Waals surface area contributed by atoms with Gasteiger partial charge in [0.2, 0.25) is 5.91 Å². The lowest BCUT2D eigenvalue weighted by atomic mass is 9.97. The van der Waals surface area contributed by atoms with Gasteiger partial charge in [0.15, 0.2) is 0 Å². The molecule has 0 radical (unpaired) electrons. The van der Waals surface area contributed by atoms with Gasteiger partial charge in [0.25, 0.3) is 0 Å². The van der Waals surface area contributed by atoms with E-state index in [1.165, 1.54) is 12.1 Å². The minimum atomic E-state index is -0.378. The highest BCUT2D eigenvalue weighted by Gasteiger charge is 2.17. The van der Waals surface area contributed by atoms with Crippen LogP contribution in [0.3, 0.4) is 0 Å². The summed E-state index contributed by atoms with van der Waals surface area (Å²) in [5, 5.41) is 0.305. The van der Waals surface area contributed by atoms with E-state index in [1.54, 1.807) is 49.5 Å². The zero-order valence-corrected chi connectivity index (χ0v) is 19.5. The number of hydrogen-bond acceptors (Lipinski definition) is 5. The van der Waals surface area contributed by atoms with Crippen LogP contribution in [0.2, 0.25) is 5.15 Å². The monoisotopic (exact) mass is 478 g/mol. The molecule has 0 saturated carbocycles. The summed E-state index contributed by atoms with van der Waals surface area (Å²) >= 11 is 5.89. The number of aliphatic imine (C=N–C) groups is 1. The van der Waals surface area contributed by atoms with Crippen LogP contribution in [0.5, 0.6) is 0 Å². The predicted molar refractivity (Wildman–Crippen MR) is 133 cm³/mol. The first-order valence-electron chi connectivity index (χ1n) is 10.3. The highest BCUT2D eigenvalue weighted by molar-refractivity contribution is 6.29. The largest absolute Gasteiger partial charge is 0.387 e. The Kier molecular flexibility index (Phi) is 8.10. The van der Waals surface area contributed by atoms with Crippen molar-refractivity contribution in [2.45, 2.75) is 20.3 Å². The maximum atomic E-state index is 13.6. The van der Waals surface area contributed by atoms with Gasteiger partial charge in [0.05, 0.1) is 29.3 Å². The summed E-state index contributed by atoms with van der Waals surface area (Å²) in [6.07, 6.45) is 1.67. The molecule has 1 aromatic carbocycles. The molecule has 2 aromatic heterocycles. The lowest BCUT2D eigenvalue weighted by molar-refractivity contribution is -0.121. The molecular formula is C25H24ClFN6O. The lowest BCUT2D eigenvalue weighted by Crippen LogP contribution is -2.38. The number of aryl methyl sites for hydroxylation is 1. The van der Waals surface area contributed by atoms with Gasteiger partial charge in [0, 0.05) is 23.0 Å². The van der Waals surface area contributed by atoms with Gasteiger partial charge in [-0.2, -0.15) is 0 Å². The van der Waals surface area contributed by atoms with Crippen LogP contribution in [0.15, 0.2) is 78.1 Å². The van der Waals surface area contributed by atoms with Crippen LogP contribution in [-0.4, -0.2) is 21.7 Å². The standard InChI is InChI=1S/C25H24ClFN6O/c1-15-13-19(11-12-29-15)24(25(30-17(3)28)18-7-9-20(27)10-8-18)16(2)32-33-23(34)14-21-5-4-6-22(26)31-21/h4-13,32H,2,14H2,1,3H3,(H2,28,30)(H,33,34)/b25-24+. The van der Waals surface area contributed by atoms with Crippen LogP contribution in [0.1, 0.15) is 29.4 Å². The average Bonchev–Trinajstić information content (AvgIpc) is 2.78. The molecular weight excluding hydrogens is 455 g/mol. The fourth-order valence-corrected chi connectivity index (χ4v) is 3.35. The molecule has 7 nitrogen and oxygen atoms in total. The highest BCUT2D eigenvalue weighted by Crippen LogP contribution is 2.32. The van der Waals surface area contributed by atoms with Crippen molar-refractivity contribution in [3.8, 4) is 0 Å². The number of hydrogen-bond donors (Lipinski definition) is 3. The van der Waals surface area contributed by atoms with Gasteiger partial charge in [-0.05, 0) is 67.9 Å². The van der Waals surface area contributed by atoms with Gasteiger partial charge in [-0.15, -0.1) is 0 Å². The summed E-state index contributed by atoms with van der Waals surface area (Å²) in [5.41, 5.74) is 15.4. The molecule has 3 aromatic rings. The minimum absolute atomic E-state index is 0.0130. The van der Waals surface area contributed by atoms with Crippen molar-refractivity contribution in [2.75, 3.05) is 0 Å². The maximum Gasteiger partial charge on any atom is 0.244 e. The molecule has 2 heterocycles. The smallest absolute Gasteiger partial charge is 0.244 e. The van der Waals surface area contributed by atoms with E-state index in [1.807, 2.05) is 13.0 Å². The Hall–Kier alpha value is -4.04. The SMILES string of the molecule is C=C(NNC(=O)Cc1cccc(Cl)n1)/C(=C(\N=C(C)N)c1ccc(F)cc1)c1ccnc(C)c1. The van der Waals surface area contributed by atoms with E-state index >= 15 is 0 Å². The molecule has 3 rings (SSSR count). The lowest BCUT2D eigenvalue weighted by Gasteiger charge is -2.18. The number of aromatic nitrogens is 2. The van der Waals surface area contributed by atoms with E-state index in [9.17, 15) is 9.18 Å². The summed E-state index contributed by atoms with van der Waals surface area (Å²) < 4.78 is 13.6. The van der Waals surface area contributed by atoms with Crippen molar-refractivity contribution in [1.29, 1.82) is 0 Å². The molecule has 0 fully saturated rings. The molecule has 0 spiro atoms. The van der Waals surface area contributed by atoms with Crippen LogP contribution < -0.4 is 16.6 Å². The fraction of sp³-hybridized carbons (Fsp3) is 0.120. The summed E-state index contributed by atoms with van der Waals surface area (Å²) in [6, 6.07) is 14.6. The van der Waals surface area contributed by atoms with Crippen molar-refractivity contribution in [3.05, 3.63) is 107 Å². The van der Waals surface area contributed by atoms with Crippen LogP contribution >= 0.6 is 11.6 Å². The fourth-order valence-electron chi connectivity index (χ4n) is 3.17. The molecule has 0 aliphatic heterocycles. The number of carbonyl (C=O) groups is 1. The summed E-state index contributed by atoms with van der Waals surface area (Å²) in [7, 11) is 0. The van der Waals surface area contributed by atoms with E-state index in [0.29, 0.717) is 39.2 Å². The normalized spacial score (nSPS) is 12.1. The Morgan fingerprint density at radius 1 is 1.15 bits per heavy atom. The number of hydrazine groups is 1. The molecule has 9 heteroatoms. The van der Waals surface area contributed by atoms with E-state index in [2.05, 4.69) is 32.4 Å². The van der Waals surface area contributed by atoms with Gasteiger partial charge in [-0.1, -0.05) is 24.2 Å². The van der Waals surface area contributed by atoms with Gasteiger partial charge < -0.3 is 5.73 Å². The number of nitrogens with two attached hydrogens (primary N) is 1. The quantitative estimate of drug-likeness (QED) is 0.148. The Morgan fingerprint density at radius 3 is 2.53 bits per heavy atom. The number of carbonyl (C=O) groups excluding carboxylic acids is 1. The molecule has 0 atom stereocenters. The van der Waals surface area contributed by atoms with Gasteiger partial charge in [-0.3, -0.25) is 20.6 Å². The predicted octanol–water partition coefficient (Wildman–Crippen LogP) is 4.20. The number of nitrogens with zero attached hydrogens (tertiary/aromatic N) is 3. The van der Waals surface area contributed by atoms with E-state index in [0.717, 1.165) is 11.3 Å². The highest BCUT2D eigenvalue weighted by atomic mass is 35.5. The van der Waals surface area contributed by atoms with Crippen molar-refractivity contribution in [1.82, 2.24) is 20.8 Å². The number of amidine groups is 1. The molecule has 34 heavy (non-hydrogen) atoms. The number of rotatable bonds is 8. The van der Waals surface area contributed by atoms with Crippen LogP contribution in [0, 0.1) is 12.7 Å². The second-order valence-corrected chi connectivity index (χ2v) is 7.84. The van der Waals surface area contributed by atoms with Crippen molar-refractivity contribution < 1.29 is 9.18 Å². The Morgan fingerprint density at radius 2 is 1.88 bits per heavy atom. The molecule has 0 unspecified atom stereocenters. The average molecular weight is 479 g/mol. The molecule has 1 amide bonds. The topological polar surface area (TPSA) is 105 Å². The number of halogens is 2. The molecule has 0 aliphatic rings. The molecule has 0 aliphatic carbocycles. The van der Waals surface area contributed by atoms with E-state index in [4.69, 9.17) is 17.3 Å². The third kappa shape index (κ3) is 6.73. The molecule has 4 N–H and O–H groups in total. The van der Waals surface area contributed by atoms with Crippen molar-refractivity contribution in [2.24, 2.45) is 10.7 Å². The van der Waals surface area contributed by atoms with Gasteiger partial charge in [-0.25, -0.2) is 14.4 Å². The molecule has 0 saturated heterocycles. The second kappa shape index (κ2) is 11.2. The van der Waals surface area contributed by atoms with Crippen LogP contribution in [-0.2, 0) is 11.2 Å². The molecule has 0 bridgehead atoms. The number of nitrogens with one attached hydrogen (secondary N) is 2. The number of pyridine rings is 2. The van der Waals surface area contributed by atoms with Crippen LogP contribution in [0.4, 0.5) is 4.39 Å². The third-order valence-electron chi connectivity index (χ3n) is 4.60. The number of amides is 1. The maximum absolute atomic E-state index is 13.6. The summed E-state index contributed by atoms with van der Waals surface area (Å²) in [5.74, 6) is -0.425. The van der Waals surface area contributed by atoms with Crippen molar-refractivity contribution in [3.63, 3.8) is 0 Å². The Balaban J connectivity index is 1.97. The zero-order chi connectivity index (χ0) is 24.7. The molecule has 174 valence electrons. The van der Waals surface area contributed by atoms with Crippen molar-refractivity contribution >= 4 is 34.6 Å². The first-order chi connectivity index (χ1) is 16.2. The summed E-state index contributed by atoms with van der Waals surface area (Å²) in [4.78, 5) is 25.3. The van der Waals surface area contributed by atoms with E-state index < -0.39 is 0 Å². The van der Waals surface area contributed by atoms with Gasteiger partial charge in [0.1, 0.15) is 11.0 Å². The first-order valence-corrected chi connectivity index (χ1v) is 10.7. The van der Waals surface area contributed by atoms with E-state index in [-0.39, 0.29) is 18.1 Å². The third-order valence-corrected chi connectivity index (χ3v) is 4.81. The summed E-state index contributed by atoms with van der Waals surface area (Å²) in [6.45, 7) is 7.60. The Bertz CT molecular complexity index is 1270. The van der Waals surface area contributed by atoms with Gasteiger partial charge >= 0.3 is 0 Å². The zero-order valence-electron chi connectivity index (χ0n) is 18.8. The number of benzene rings is 1. The number of allylic oxidation sites excluding steroid dienone is 1. The Labute approximate surface area is 202 Å². The second-order valence-electron chi connectivity index (χ2n) is 7.45. The first kappa shape index (κ1) is 24.6. The van der Waals surface area contributed by atoms with Crippen LogP contribution in [0.25, 0.3) is 11.3 Å². The minimum Gasteiger partial charge on any atom is -0.387 e.